The molecule has 2 aromatic carbocycles. The Morgan fingerprint density at radius 1 is 1.03 bits per heavy atom. The van der Waals surface area contributed by atoms with Gasteiger partial charge in [-0.15, -0.1) is 0 Å². The zero-order chi connectivity index (χ0) is 22.7. The molecule has 0 atom stereocenters. The van der Waals surface area contributed by atoms with E-state index in [0.717, 1.165) is 51.0 Å². The monoisotopic (exact) mass is 436 g/mol. The number of hydrazine groups is 1. The summed E-state index contributed by atoms with van der Waals surface area (Å²) in [5, 5.41) is 3.54. The van der Waals surface area contributed by atoms with Crippen LogP contribution in [0, 0.1) is 5.82 Å². The molecule has 0 spiro atoms. The van der Waals surface area contributed by atoms with E-state index in [9.17, 15) is 4.39 Å². The van der Waals surface area contributed by atoms with Crippen LogP contribution in [0.4, 0.5) is 15.8 Å². The zero-order valence-electron chi connectivity index (χ0n) is 20.0. The van der Waals surface area contributed by atoms with Gasteiger partial charge in [0.15, 0.2) is 0 Å². The van der Waals surface area contributed by atoms with Crippen molar-refractivity contribution in [2.75, 3.05) is 30.0 Å². The third-order valence-electron chi connectivity index (χ3n) is 6.76. The molecule has 172 valence electrons. The van der Waals surface area contributed by atoms with Crippen LogP contribution >= 0.6 is 0 Å². The van der Waals surface area contributed by atoms with E-state index >= 15 is 0 Å². The summed E-state index contributed by atoms with van der Waals surface area (Å²) in [5.41, 5.74) is 11.2. The summed E-state index contributed by atoms with van der Waals surface area (Å²) in [6, 6.07) is 12.0. The number of fused-ring (bicyclic) bond motifs is 3. The average molecular weight is 437 g/mol. The van der Waals surface area contributed by atoms with E-state index in [1.165, 1.54) is 46.4 Å². The average Bonchev–Trinajstić information content (AvgIpc) is 3.08. The number of hydrogen-bond donors (Lipinski definition) is 1. The zero-order valence-corrected chi connectivity index (χ0v) is 20.0. The lowest BCUT2D eigenvalue weighted by molar-refractivity contribution is 0.323. The Bertz CT molecular complexity index is 1070. The fourth-order valence-electron chi connectivity index (χ4n) is 4.95. The number of aromatic nitrogens is 1. The molecular formula is C27H37FN4. The Morgan fingerprint density at radius 3 is 2.62 bits per heavy atom. The lowest BCUT2D eigenvalue weighted by Gasteiger charge is -2.31. The van der Waals surface area contributed by atoms with E-state index in [0.29, 0.717) is 0 Å². The van der Waals surface area contributed by atoms with Gasteiger partial charge in [0.2, 0.25) is 0 Å². The molecule has 0 aliphatic carbocycles. The van der Waals surface area contributed by atoms with E-state index in [-0.39, 0.29) is 5.82 Å². The summed E-state index contributed by atoms with van der Waals surface area (Å²) in [6.07, 6.45) is 5.51. The number of rotatable bonds is 9. The van der Waals surface area contributed by atoms with Crippen molar-refractivity contribution in [2.24, 2.45) is 7.05 Å². The molecule has 0 unspecified atom stereocenters. The van der Waals surface area contributed by atoms with Gasteiger partial charge in [-0.25, -0.2) is 9.40 Å². The Hall–Kier alpha value is -2.53. The summed E-state index contributed by atoms with van der Waals surface area (Å²) in [7, 11) is 2.06. The van der Waals surface area contributed by atoms with Crippen molar-refractivity contribution in [1.82, 2.24) is 9.58 Å². The van der Waals surface area contributed by atoms with Crippen LogP contribution in [0.1, 0.15) is 56.9 Å². The van der Waals surface area contributed by atoms with Crippen molar-refractivity contribution in [3.8, 4) is 0 Å². The number of aryl methyl sites for hydroxylation is 2. The predicted molar refractivity (Wildman–Crippen MR) is 134 cm³/mol. The first kappa shape index (κ1) is 22.7. The third-order valence-corrected chi connectivity index (χ3v) is 6.76. The van der Waals surface area contributed by atoms with Crippen LogP contribution in [-0.2, 0) is 26.4 Å². The maximum atomic E-state index is 13.8. The maximum absolute atomic E-state index is 13.8. The minimum Gasteiger partial charge on any atom is -0.367 e. The highest BCUT2D eigenvalue weighted by Crippen LogP contribution is 2.34. The molecule has 5 heteroatoms. The van der Waals surface area contributed by atoms with Gasteiger partial charge in [-0.3, -0.25) is 0 Å². The van der Waals surface area contributed by atoms with Crippen molar-refractivity contribution in [2.45, 2.75) is 59.4 Å². The second kappa shape index (κ2) is 9.95. The molecule has 32 heavy (non-hydrogen) atoms. The van der Waals surface area contributed by atoms with Crippen LogP contribution in [0.15, 0.2) is 36.4 Å². The molecule has 2 heterocycles. The molecule has 0 saturated carbocycles. The van der Waals surface area contributed by atoms with Crippen LogP contribution in [-0.4, -0.2) is 29.2 Å². The van der Waals surface area contributed by atoms with Crippen LogP contribution in [0.5, 0.6) is 0 Å². The molecule has 0 bridgehead atoms. The molecule has 3 aromatic rings. The molecule has 1 aliphatic rings. The lowest BCUT2D eigenvalue weighted by atomic mass is 10.0. The highest BCUT2D eigenvalue weighted by atomic mass is 19.1. The lowest BCUT2D eigenvalue weighted by Crippen LogP contribution is -2.33. The number of nitrogens with zero attached hydrogens (tertiary/aromatic N) is 3. The van der Waals surface area contributed by atoms with E-state index in [4.69, 9.17) is 0 Å². The van der Waals surface area contributed by atoms with Crippen LogP contribution < -0.4 is 10.3 Å². The van der Waals surface area contributed by atoms with Gasteiger partial charge in [0.1, 0.15) is 5.82 Å². The van der Waals surface area contributed by atoms with Crippen molar-refractivity contribution in [3.63, 3.8) is 0 Å². The van der Waals surface area contributed by atoms with Gasteiger partial charge in [0, 0.05) is 62.0 Å². The van der Waals surface area contributed by atoms with Gasteiger partial charge in [0.05, 0.1) is 11.2 Å². The van der Waals surface area contributed by atoms with Crippen molar-refractivity contribution in [1.29, 1.82) is 0 Å². The molecule has 1 aromatic heterocycles. The number of nitrogens with one attached hydrogen (secondary N) is 1. The summed E-state index contributed by atoms with van der Waals surface area (Å²) in [4.78, 5) is 2.46. The topological polar surface area (TPSA) is 23.4 Å². The maximum Gasteiger partial charge on any atom is 0.125 e. The van der Waals surface area contributed by atoms with Gasteiger partial charge < -0.3 is 14.9 Å². The SMILES string of the molecule is CCCCN(CCC)Nc1cc(N2CCc3c(c4ccc(F)cc4n3C)C2)ccc1CC. The quantitative estimate of drug-likeness (QED) is 0.399. The van der Waals surface area contributed by atoms with Gasteiger partial charge in [-0.1, -0.05) is 33.3 Å². The van der Waals surface area contributed by atoms with Gasteiger partial charge in [-0.2, -0.15) is 0 Å². The van der Waals surface area contributed by atoms with Crippen LogP contribution in [0.3, 0.4) is 0 Å². The third kappa shape index (κ3) is 4.49. The van der Waals surface area contributed by atoms with Gasteiger partial charge in [-0.05, 0) is 55.2 Å². The number of unbranched alkanes of at least 4 members (excludes halogenated alkanes) is 1. The minimum atomic E-state index is -0.169. The second-order valence-corrected chi connectivity index (χ2v) is 8.96. The molecule has 0 radical (unpaired) electrons. The van der Waals surface area contributed by atoms with E-state index in [1.54, 1.807) is 12.1 Å². The Balaban J connectivity index is 1.61. The fourth-order valence-corrected chi connectivity index (χ4v) is 4.95. The van der Waals surface area contributed by atoms with Crippen molar-refractivity contribution >= 4 is 22.3 Å². The van der Waals surface area contributed by atoms with E-state index in [1.807, 2.05) is 6.07 Å². The largest absolute Gasteiger partial charge is 0.367 e. The highest BCUT2D eigenvalue weighted by Gasteiger charge is 2.24. The molecule has 4 rings (SSSR count). The number of halogens is 1. The first-order chi connectivity index (χ1) is 15.5. The second-order valence-electron chi connectivity index (χ2n) is 8.96. The molecule has 0 saturated heterocycles. The molecule has 0 amide bonds. The fraction of sp³-hybridized carbons (Fsp3) is 0.481. The first-order valence-electron chi connectivity index (χ1n) is 12.2. The standard InChI is InChI=1S/C27H37FN4/c1-5-8-15-32(14-6-2)29-25-18-22(11-9-20(25)7-3)31-16-13-26-24(19-31)23-12-10-21(28)17-27(23)30(26)4/h9-12,17-18,29H,5-8,13-16,19H2,1-4H3. The molecule has 4 nitrogen and oxygen atoms in total. The molecular weight excluding hydrogens is 399 g/mol. The summed E-state index contributed by atoms with van der Waals surface area (Å²) in [6.45, 7) is 10.6. The first-order valence-corrected chi connectivity index (χ1v) is 12.2. The van der Waals surface area contributed by atoms with Crippen molar-refractivity contribution in [3.05, 3.63) is 59.0 Å². The minimum absolute atomic E-state index is 0.169. The molecule has 0 fully saturated rings. The summed E-state index contributed by atoms with van der Waals surface area (Å²) in [5.74, 6) is -0.169. The number of hydrogen-bond acceptors (Lipinski definition) is 3. The number of anilines is 2. The molecule has 1 N–H and O–H groups in total. The van der Waals surface area contributed by atoms with Crippen LogP contribution in [0.25, 0.3) is 10.9 Å². The van der Waals surface area contributed by atoms with E-state index in [2.05, 4.69) is 65.9 Å². The normalized spacial score (nSPS) is 13.8. The van der Waals surface area contributed by atoms with Crippen LogP contribution in [0.2, 0.25) is 0 Å². The molecule has 1 aliphatic heterocycles. The summed E-state index contributed by atoms with van der Waals surface area (Å²) >= 11 is 0. The Morgan fingerprint density at radius 2 is 1.88 bits per heavy atom. The van der Waals surface area contributed by atoms with Gasteiger partial charge in [0.25, 0.3) is 0 Å². The Labute approximate surface area is 192 Å². The number of benzene rings is 2. The smallest absolute Gasteiger partial charge is 0.125 e. The van der Waals surface area contributed by atoms with E-state index < -0.39 is 0 Å². The predicted octanol–water partition coefficient (Wildman–Crippen LogP) is 6.28. The summed E-state index contributed by atoms with van der Waals surface area (Å²) < 4.78 is 16.0. The highest BCUT2D eigenvalue weighted by molar-refractivity contribution is 5.86. The Kier molecular flexibility index (Phi) is 7.04. The van der Waals surface area contributed by atoms with Gasteiger partial charge >= 0.3 is 0 Å². The van der Waals surface area contributed by atoms with Crippen molar-refractivity contribution < 1.29 is 4.39 Å².